The molecule has 126 valence electrons. The average Bonchev–Trinajstić information content (AvgIpc) is 2.60. The molecule has 1 atom stereocenters. The van der Waals surface area contributed by atoms with E-state index in [9.17, 15) is 9.59 Å². The first-order valence-electron chi connectivity index (χ1n) is 8.04. The van der Waals surface area contributed by atoms with Crippen molar-refractivity contribution < 1.29 is 14.3 Å². The molecule has 0 aromatic heterocycles. The topological polar surface area (TPSA) is 67.4 Å². The SMILES string of the molecule is CCC(=O)Nc1cccc(NC(=O)[C@H](CC)Oc2ccccc2)c1. The highest BCUT2D eigenvalue weighted by Gasteiger charge is 2.18. The molecule has 0 saturated heterocycles. The minimum Gasteiger partial charge on any atom is -0.481 e. The predicted molar refractivity (Wildman–Crippen MR) is 95.1 cm³/mol. The minimum atomic E-state index is -0.582. The molecule has 0 heterocycles. The minimum absolute atomic E-state index is 0.0719. The third kappa shape index (κ3) is 5.12. The van der Waals surface area contributed by atoms with Crippen molar-refractivity contribution in [2.24, 2.45) is 0 Å². The molecule has 2 N–H and O–H groups in total. The Kier molecular flexibility index (Phi) is 6.37. The number of hydrogen-bond acceptors (Lipinski definition) is 3. The van der Waals surface area contributed by atoms with Crippen LogP contribution < -0.4 is 15.4 Å². The lowest BCUT2D eigenvalue weighted by atomic mass is 10.2. The van der Waals surface area contributed by atoms with Crippen LogP contribution in [-0.4, -0.2) is 17.9 Å². The van der Waals surface area contributed by atoms with Gasteiger partial charge in [-0.15, -0.1) is 0 Å². The molecule has 0 saturated carbocycles. The molecular formula is C19H22N2O3. The van der Waals surface area contributed by atoms with E-state index < -0.39 is 6.10 Å². The number of ether oxygens (including phenoxy) is 1. The van der Waals surface area contributed by atoms with E-state index in [-0.39, 0.29) is 11.8 Å². The molecule has 0 aliphatic heterocycles. The monoisotopic (exact) mass is 326 g/mol. The number of amides is 2. The summed E-state index contributed by atoms with van der Waals surface area (Å²) in [7, 11) is 0. The maximum absolute atomic E-state index is 12.4. The first-order valence-corrected chi connectivity index (χ1v) is 8.04. The fourth-order valence-electron chi connectivity index (χ4n) is 2.13. The second kappa shape index (κ2) is 8.72. The zero-order chi connectivity index (χ0) is 17.4. The molecule has 2 amide bonds. The number of para-hydroxylation sites is 1. The fourth-order valence-corrected chi connectivity index (χ4v) is 2.13. The Morgan fingerprint density at radius 3 is 2.25 bits per heavy atom. The Balaban J connectivity index is 2.02. The summed E-state index contributed by atoms with van der Waals surface area (Å²) in [6, 6.07) is 16.3. The van der Waals surface area contributed by atoms with Gasteiger partial charge in [0.25, 0.3) is 5.91 Å². The summed E-state index contributed by atoms with van der Waals surface area (Å²) in [6.45, 7) is 3.68. The lowest BCUT2D eigenvalue weighted by Gasteiger charge is -2.17. The van der Waals surface area contributed by atoms with E-state index in [1.807, 2.05) is 37.3 Å². The van der Waals surface area contributed by atoms with Crippen LogP contribution in [0.2, 0.25) is 0 Å². The lowest BCUT2D eigenvalue weighted by Crippen LogP contribution is -2.32. The van der Waals surface area contributed by atoms with Gasteiger partial charge in [-0.1, -0.05) is 38.1 Å². The molecular weight excluding hydrogens is 304 g/mol. The number of carbonyl (C=O) groups is 2. The van der Waals surface area contributed by atoms with E-state index in [4.69, 9.17) is 4.74 Å². The van der Waals surface area contributed by atoms with Crippen molar-refractivity contribution in [1.29, 1.82) is 0 Å². The van der Waals surface area contributed by atoms with Gasteiger partial charge >= 0.3 is 0 Å². The van der Waals surface area contributed by atoms with Gasteiger partial charge in [-0.25, -0.2) is 0 Å². The average molecular weight is 326 g/mol. The summed E-state index contributed by atoms with van der Waals surface area (Å²) in [5.41, 5.74) is 1.26. The van der Waals surface area contributed by atoms with E-state index in [0.717, 1.165) is 0 Å². The van der Waals surface area contributed by atoms with Crippen molar-refractivity contribution in [1.82, 2.24) is 0 Å². The zero-order valence-corrected chi connectivity index (χ0v) is 13.9. The summed E-state index contributed by atoms with van der Waals surface area (Å²) in [5.74, 6) is 0.362. The van der Waals surface area contributed by atoms with Gasteiger partial charge in [0.05, 0.1) is 0 Å². The maximum Gasteiger partial charge on any atom is 0.265 e. The van der Waals surface area contributed by atoms with Crippen molar-refractivity contribution in [3.8, 4) is 5.75 Å². The second-order valence-electron chi connectivity index (χ2n) is 5.30. The molecule has 24 heavy (non-hydrogen) atoms. The summed E-state index contributed by atoms with van der Waals surface area (Å²) in [5, 5.41) is 5.60. The van der Waals surface area contributed by atoms with Gasteiger partial charge in [0.1, 0.15) is 5.75 Å². The van der Waals surface area contributed by atoms with E-state index >= 15 is 0 Å². The largest absolute Gasteiger partial charge is 0.481 e. The lowest BCUT2D eigenvalue weighted by molar-refractivity contribution is -0.122. The number of benzene rings is 2. The quantitative estimate of drug-likeness (QED) is 0.812. The van der Waals surface area contributed by atoms with Crippen molar-refractivity contribution in [2.45, 2.75) is 32.8 Å². The Morgan fingerprint density at radius 2 is 1.62 bits per heavy atom. The highest BCUT2D eigenvalue weighted by atomic mass is 16.5. The van der Waals surface area contributed by atoms with Crippen LogP contribution in [0.3, 0.4) is 0 Å². The molecule has 0 aliphatic carbocycles. The third-order valence-electron chi connectivity index (χ3n) is 3.42. The van der Waals surface area contributed by atoms with Gasteiger partial charge in [-0.2, -0.15) is 0 Å². The van der Waals surface area contributed by atoms with Crippen LogP contribution in [-0.2, 0) is 9.59 Å². The standard InChI is InChI=1S/C19H22N2O3/c1-3-17(24-16-11-6-5-7-12-16)19(23)21-15-10-8-9-14(13-15)20-18(22)4-2/h5-13,17H,3-4H2,1-2H3,(H,20,22)(H,21,23)/t17-/m0/s1. The highest BCUT2D eigenvalue weighted by Crippen LogP contribution is 2.17. The van der Waals surface area contributed by atoms with Crippen LogP contribution in [0.25, 0.3) is 0 Å². The van der Waals surface area contributed by atoms with Crippen LogP contribution >= 0.6 is 0 Å². The first kappa shape index (κ1) is 17.5. The fraction of sp³-hybridized carbons (Fsp3) is 0.263. The number of carbonyl (C=O) groups excluding carboxylic acids is 2. The molecule has 0 fully saturated rings. The summed E-state index contributed by atoms with van der Waals surface area (Å²) < 4.78 is 5.73. The molecule has 0 radical (unpaired) electrons. The van der Waals surface area contributed by atoms with Crippen molar-refractivity contribution in [2.75, 3.05) is 10.6 Å². The summed E-state index contributed by atoms with van der Waals surface area (Å²) >= 11 is 0. The van der Waals surface area contributed by atoms with Gasteiger partial charge in [0, 0.05) is 17.8 Å². The van der Waals surface area contributed by atoms with Gasteiger partial charge in [-0.05, 0) is 36.8 Å². The molecule has 2 aromatic carbocycles. The molecule has 5 heteroatoms. The van der Waals surface area contributed by atoms with Crippen molar-refractivity contribution in [3.63, 3.8) is 0 Å². The number of nitrogens with one attached hydrogen (secondary N) is 2. The Labute approximate surface area is 142 Å². The Hall–Kier alpha value is -2.82. The normalized spacial score (nSPS) is 11.4. The van der Waals surface area contributed by atoms with E-state index in [2.05, 4.69) is 10.6 Å². The number of rotatable bonds is 7. The van der Waals surface area contributed by atoms with Gasteiger partial charge < -0.3 is 15.4 Å². The highest BCUT2D eigenvalue weighted by molar-refractivity contribution is 5.96. The van der Waals surface area contributed by atoms with Gasteiger partial charge in [0.15, 0.2) is 6.10 Å². The van der Waals surface area contributed by atoms with Crippen LogP contribution in [0.1, 0.15) is 26.7 Å². The van der Waals surface area contributed by atoms with E-state index in [0.29, 0.717) is 30.0 Å². The van der Waals surface area contributed by atoms with Gasteiger partial charge in [0.2, 0.25) is 5.91 Å². The van der Waals surface area contributed by atoms with Crippen LogP contribution in [0.15, 0.2) is 54.6 Å². The second-order valence-corrected chi connectivity index (χ2v) is 5.30. The van der Waals surface area contributed by atoms with Crippen LogP contribution in [0.4, 0.5) is 11.4 Å². The van der Waals surface area contributed by atoms with Gasteiger partial charge in [-0.3, -0.25) is 9.59 Å². The molecule has 2 aromatic rings. The Morgan fingerprint density at radius 1 is 0.958 bits per heavy atom. The van der Waals surface area contributed by atoms with E-state index in [1.54, 1.807) is 31.2 Å². The molecule has 0 bridgehead atoms. The molecule has 2 rings (SSSR count). The van der Waals surface area contributed by atoms with E-state index in [1.165, 1.54) is 0 Å². The van der Waals surface area contributed by atoms with Crippen LogP contribution in [0.5, 0.6) is 5.75 Å². The zero-order valence-electron chi connectivity index (χ0n) is 13.9. The molecule has 5 nitrogen and oxygen atoms in total. The maximum atomic E-state index is 12.4. The number of anilines is 2. The molecule has 0 spiro atoms. The summed E-state index contributed by atoms with van der Waals surface area (Å²) in [4.78, 5) is 23.9. The smallest absolute Gasteiger partial charge is 0.265 e. The third-order valence-corrected chi connectivity index (χ3v) is 3.42. The van der Waals surface area contributed by atoms with Crippen molar-refractivity contribution >= 4 is 23.2 Å². The van der Waals surface area contributed by atoms with Crippen molar-refractivity contribution in [3.05, 3.63) is 54.6 Å². The number of hydrogen-bond donors (Lipinski definition) is 2. The molecule has 0 unspecified atom stereocenters. The van der Waals surface area contributed by atoms with Crippen LogP contribution in [0, 0.1) is 0 Å². The Bertz CT molecular complexity index is 686. The first-order chi connectivity index (χ1) is 11.6. The molecule has 0 aliphatic rings. The summed E-state index contributed by atoms with van der Waals surface area (Å²) in [6.07, 6.45) is 0.369. The predicted octanol–water partition coefficient (Wildman–Crippen LogP) is 3.83.